The molecule has 2 heterocycles. The minimum Gasteiger partial charge on any atom is -0.507 e. The van der Waals surface area contributed by atoms with E-state index in [1.54, 1.807) is 0 Å². The molecule has 0 amide bonds. The number of hydrogen-bond acceptors (Lipinski definition) is 5. The maximum Gasteiger partial charge on any atom is 0.321 e. The predicted octanol–water partition coefficient (Wildman–Crippen LogP) is 9.22. The molecule has 1 aromatic rings. The summed E-state index contributed by atoms with van der Waals surface area (Å²) < 4.78 is 0. The summed E-state index contributed by atoms with van der Waals surface area (Å²) in [5.41, 5.74) is -3.36. The van der Waals surface area contributed by atoms with Crippen molar-refractivity contribution in [3.63, 3.8) is 0 Å². The molecule has 2 saturated heterocycles. The number of hydrogen-bond donors (Lipinski definition) is 3. The summed E-state index contributed by atoms with van der Waals surface area (Å²) in [5.74, 6) is -2.94. The number of carboxylic acids is 2. The first-order valence-corrected chi connectivity index (χ1v) is 18.6. The van der Waals surface area contributed by atoms with Crippen LogP contribution in [0.5, 0.6) is 5.75 Å². The smallest absolute Gasteiger partial charge is 0.321 e. The highest BCUT2D eigenvalue weighted by Crippen LogP contribution is 2.64. The van der Waals surface area contributed by atoms with Crippen LogP contribution in [0.4, 0.5) is 0 Å². The highest BCUT2D eigenvalue weighted by atomic mass is 16.4. The lowest BCUT2D eigenvalue weighted by Gasteiger charge is -2.64. The molecule has 49 heavy (non-hydrogen) atoms. The number of rotatable bonds is 8. The van der Waals surface area contributed by atoms with Gasteiger partial charge in [-0.05, 0) is 147 Å². The summed E-state index contributed by atoms with van der Waals surface area (Å²) in [6.07, 6.45) is 3.53. The summed E-state index contributed by atoms with van der Waals surface area (Å²) in [4.78, 5) is 33.0. The number of phenolic OH excluding ortho intramolecular Hbond substituents is 1. The van der Waals surface area contributed by atoms with Crippen molar-refractivity contribution in [2.24, 2.45) is 23.2 Å². The van der Waals surface area contributed by atoms with E-state index in [0.29, 0.717) is 19.3 Å². The fourth-order valence-electron chi connectivity index (χ4n) is 10.7. The molecule has 0 saturated carbocycles. The largest absolute Gasteiger partial charge is 0.507 e. The summed E-state index contributed by atoms with van der Waals surface area (Å²) >= 11 is 0. The lowest BCUT2D eigenvalue weighted by Crippen LogP contribution is -2.69. The van der Waals surface area contributed by atoms with Gasteiger partial charge in [-0.3, -0.25) is 19.4 Å². The normalized spacial score (nSPS) is 24.3. The molecular formula is C42H72N2O5. The third kappa shape index (κ3) is 6.69. The molecule has 7 heteroatoms. The summed E-state index contributed by atoms with van der Waals surface area (Å²) in [7, 11) is 4.32. The van der Waals surface area contributed by atoms with Crippen LogP contribution in [0.1, 0.15) is 160 Å². The molecule has 280 valence electrons. The van der Waals surface area contributed by atoms with E-state index in [9.17, 15) is 24.9 Å². The molecule has 2 fully saturated rings. The van der Waals surface area contributed by atoms with Gasteiger partial charge in [0.1, 0.15) is 5.75 Å². The Morgan fingerprint density at radius 1 is 0.714 bits per heavy atom. The van der Waals surface area contributed by atoms with Gasteiger partial charge in [-0.25, -0.2) is 0 Å². The monoisotopic (exact) mass is 685 g/mol. The molecule has 1 aromatic carbocycles. The van der Waals surface area contributed by atoms with Gasteiger partial charge in [-0.2, -0.15) is 0 Å². The maximum absolute atomic E-state index is 14.1. The van der Waals surface area contributed by atoms with E-state index in [1.807, 2.05) is 12.1 Å². The molecule has 2 unspecified atom stereocenters. The van der Waals surface area contributed by atoms with Crippen molar-refractivity contribution < 1.29 is 24.9 Å². The highest BCUT2D eigenvalue weighted by Gasteiger charge is 2.69. The minimum atomic E-state index is -2.18. The number of phenols is 1. The standard InChI is InChI=1S/C42H72N2O5/c1-19-29(26-22-37(8,9)43(17)38(10,11)23-26)42(41(16,33(46)47)34(48)49,28-24-39(12,13)44(18)40(14,15)25-28)27-20-30(35(2,3)4)32(45)31(21-27)36(5,6)7/h20-21,26,28-29,45H,19,22-25H2,1-18H3,(H,46,47)(H,48,49). The van der Waals surface area contributed by atoms with Crippen molar-refractivity contribution in [3.05, 3.63) is 28.8 Å². The van der Waals surface area contributed by atoms with E-state index < -0.39 is 33.6 Å². The second-order valence-electron chi connectivity index (χ2n) is 20.7. The van der Waals surface area contributed by atoms with Crippen LogP contribution in [-0.4, -0.2) is 73.3 Å². The zero-order chi connectivity index (χ0) is 38.3. The molecule has 0 aliphatic carbocycles. The molecule has 3 N–H and O–H groups in total. The van der Waals surface area contributed by atoms with Crippen LogP contribution in [0, 0.1) is 23.2 Å². The Morgan fingerprint density at radius 2 is 1.04 bits per heavy atom. The molecular weight excluding hydrogens is 612 g/mol. The van der Waals surface area contributed by atoms with E-state index >= 15 is 0 Å². The number of carboxylic acid groups (broad SMARTS) is 2. The average Bonchev–Trinajstić information content (AvgIpc) is 2.90. The van der Waals surface area contributed by atoms with Crippen LogP contribution in [-0.2, 0) is 25.8 Å². The van der Waals surface area contributed by atoms with Crippen molar-refractivity contribution in [1.29, 1.82) is 0 Å². The van der Waals surface area contributed by atoms with Crippen molar-refractivity contribution >= 4 is 11.9 Å². The van der Waals surface area contributed by atoms with Gasteiger partial charge < -0.3 is 15.3 Å². The molecule has 3 rings (SSSR count). The Hall–Kier alpha value is -2.12. The fourth-order valence-corrected chi connectivity index (χ4v) is 10.7. The molecule has 0 aromatic heterocycles. The van der Waals surface area contributed by atoms with Crippen molar-refractivity contribution in [2.75, 3.05) is 14.1 Å². The van der Waals surface area contributed by atoms with E-state index in [-0.39, 0.29) is 45.7 Å². The Morgan fingerprint density at radius 3 is 1.33 bits per heavy atom. The van der Waals surface area contributed by atoms with E-state index in [2.05, 4.69) is 128 Å². The summed E-state index contributed by atoms with van der Waals surface area (Å²) in [6, 6.07) is 4.03. The number of likely N-dealkylation sites (tertiary alicyclic amines) is 2. The Kier molecular flexibility index (Phi) is 10.6. The number of aliphatic carboxylic acids is 2. The van der Waals surface area contributed by atoms with Crippen LogP contribution in [0.25, 0.3) is 0 Å². The van der Waals surface area contributed by atoms with Gasteiger partial charge in [0.15, 0.2) is 5.41 Å². The molecule has 0 radical (unpaired) electrons. The van der Waals surface area contributed by atoms with Crippen LogP contribution in [0.15, 0.2) is 12.1 Å². The number of benzene rings is 1. The van der Waals surface area contributed by atoms with Crippen molar-refractivity contribution in [1.82, 2.24) is 9.80 Å². The van der Waals surface area contributed by atoms with Crippen molar-refractivity contribution in [2.45, 2.75) is 181 Å². The van der Waals surface area contributed by atoms with Gasteiger partial charge >= 0.3 is 11.9 Å². The van der Waals surface area contributed by atoms with Crippen LogP contribution in [0.2, 0.25) is 0 Å². The Bertz CT molecular complexity index is 1340. The van der Waals surface area contributed by atoms with Gasteiger partial charge in [-0.15, -0.1) is 0 Å². The van der Waals surface area contributed by atoms with Gasteiger partial charge in [0.2, 0.25) is 0 Å². The van der Waals surface area contributed by atoms with Crippen LogP contribution >= 0.6 is 0 Å². The fraction of sp³-hybridized carbons (Fsp3) is 0.810. The van der Waals surface area contributed by atoms with Crippen molar-refractivity contribution in [3.8, 4) is 5.75 Å². The molecule has 0 bridgehead atoms. The number of piperidine rings is 2. The van der Waals surface area contributed by atoms with Crippen LogP contribution in [0.3, 0.4) is 0 Å². The second-order valence-corrected chi connectivity index (χ2v) is 20.7. The Balaban J connectivity index is 2.76. The third-order valence-corrected chi connectivity index (χ3v) is 13.8. The summed E-state index contributed by atoms with van der Waals surface area (Å²) in [6.45, 7) is 33.9. The first-order chi connectivity index (χ1) is 21.8. The van der Waals surface area contributed by atoms with Gasteiger partial charge in [0.05, 0.1) is 0 Å². The van der Waals surface area contributed by atoms with Gasteiger partial charge in [-0.1, -0.05) is 67.0 Å². The molecule has 2 aliphatic rings. The minimum absolute atomic E-state index is 0.0417. The average molecular weight is 685 g/mol. The zero-order valence-electron chi connectivity index (χ0n) is 34.5. The van der Waals surface area contributed by atoms with Crippen LogP contribution < -0.4 is 0 Å². The molecule has 2 aliphatic heterocycles. The van der Waals surface area contributed by atoms with E-state index in [0.717, 1.165) is 29.5 Å². The maximum atomic E-state index is 14.1. The zero-order valence-corrected chi connectivity index (χ0v) is 34.5. The number of aromatic hydroxyl groups is 1. The first-order valence-electron chi connectivity index (χ1n) is 18.6. The number of nitrogens with zero attached hydrogens (tertiary/aromatic N) is 2. The molecule has 0 spiro atoms. The number of carbonyl (C=O) groups is 2. The van der Waals surface area contributed by atoms with Gasteiger partial charge in [0, 0.05) is 27.6 Å². The lowest BCUT2D eigenvalue weighted by molar-refractivity contribution is -0.184. The highest BCUT2D eigenvalue weighted by molar-refractivity contribution is 6.00. The van der Waals surface area contributed by atoms with Gasteiger partial charge in [0.25, 0.3) is 0 Å². The summed E-state index contributed by atoms with van der Waals surface area (Å²) in [5, 5.41) is 34.9. The molecule has 7 nitrogen and oxygen atoms in total. The third-order valence-electron chi connectivity index (χ3n) is 13.8. The SMILES string of the molecule is CCC(C1CC(C)(C)N(C)C(C)(C)C1)C(c1cc(C(C)(C)C)c(O)c(C(C)(C)C)c1)(C1CC(C)(C)N(C)C(C)(C)C1)C(C)(C(=O)O)C(=O)O. The lowest BCUT2D eigenvalue weighted by atomic mass is 9.42. The topological polar surface area (TPSA) is 101 Å². The quantitative estimate of drug-likeness (QED) is 0.235. The Labute approximate surface area is 299 Å². The molecule has 2 atom stereocenters. The van der Waals surface area contributed by atoms with E-state index in [1.165, 1.54) is 6.92 Å². The van der Waals surface area contributed by atoms with E-state index in [4.69, 9.17) is 0 Å². The second kappa shape index (κ2) is 12.5. The first kappa shape index (κ1) is 41.3. The predicted molar refractivity (Wildman–Crippen MR) is 202 cm³/mol.